The van der Waals surface area contributed by atoms with Gasteiger partial charge in [-0.15, -0.1) is 0 Å². The van der Waals surface area contributed by atoms with Crippen LogP contribution < -0.4 is 0 Å². The predicted octanol–water partition coefficient (Wildman–Crippen LogP) is 7.78. The summed E-state index contributed by atoms with van der Waals surface area (Å²) in [5.74, 6) is 1.14. The highest BCUT2D eigenvalue weighted by Gasteiger charge is 2.28. The van der Waals surface area contributed by atoms with E-state index in [2.05, 4.69) is 84.3 Å². The lowest BCUT2D eigenvalue weighted by Crippen LogP contribution is -2.33. The Hall–Kier alpha value is -4.53. The largest absolute Gasteiger partial charge is 0.392 e. The van der Waals surface area contributed by atoms with Crippen LogP contribution in [0.4, 0.5) is 0 Å². The van der Waals surface area contributed by atoms with Crippen LogP contribution in [0.3, 0.4) is 0 Å². The van der Waals surface area contributed by atoms with Crippen molar-refractivity contribution in [1.29, 1.82) is 0 Å². The van der Waals surface area contributed by atoms with Crippen LogP contribution in [0.5, 0.6) is 0 Å². The normalized spacial score (nSPS) is 18.3. The lowest BCUT2D eigenvalue weighted by molar-refractivity contribution is -0.112. The van der Waals surface area contributed by atoms with Crippen molar-refractivity contribution in [3.63, 3.8) is 0 Å². The molecule has 0 spiro atoms. The van der Waals surface area contributed by atoms with E-state index in [9.17, 15) is 24.6 Å². The van der Waals surface area contributed by atoms with E-state index in [1.807, 2.05) is 24.3 Å². The summed E-state index contributed by atoms with van der Waals surface area (Å²) in [6, 6.07) is 28.9. The van der Waals surface area contributed by atoms with Crippen LogP contribution in [-0.4, -0.2) is 64.0 Å². The number of aryl methyl sites for hydroxylation is 3. The smallest absolute Gasteiger partial charge is 0.189 e. The number of allylic oxidation sites excluding steroid dienone is 2. The summed E-state index contributed by atoms with van der Waals surface area (Å²) in [6.07, 6.45) is 9.77. The molecule has 0 saturated carbocycles. The summed E-state index contributed by atoms with van der Waals surface area (Å²) >= 11 is 0. The van der Waals surface area contributed by atoms with Gasteiger partial charge in [-0.25, -0.2) is 0 Å². The quantitative estimate of drug-likeness (QED) is 0.141. The number of likely N-dealkylation sites (tertiary alicyclic amines) is 2. The SMILES string of the molecule is Cc1cc2c(cc1C)C(=O)CC2.O=C1C(=CC2CCN(Cc3ccccc3)CC2)Cc2cc(CO)c(CO)cc21.O=CC1CCN(Cc2ccccc2)CC1. The van der Waals surface area contributed by atoms with Gasteiger partial charge in [-0.1, -0.05) is 78.9 Å². The van der Waals surface area contributed by atoms with Gasteiger partial charge < -0.3 is 15.0 Å². The Kier molecular flexibility index (Phi) is 14.1. The van der Waals surface area contributed by atoms with Crippen LogP contribution in [0, 0.1) is 25.7 Å². The molecule has 0 radical (unpaired) electrons. The van der Waals surface area contributed by atoms with Crippen molar-refractivity contribution in [1.82, 2.24) is 9.80 Å². The minimum absolute atomic E-state index is 0.0842. The van der Waals surface area contributed by atoms with E-state index in [-0.39, 0.29) is 19.0 Å². The maximum Gasteiger partial charge on any atom is 0.189 e. The molecule has 0 unspecified atom stereocenters. The topological polar surface area (TPSA) is 98.1 Å². The van der Waals surface area contributed by atoms with E-state index in [4.69, 9.17) is 0 Å². The standard InChI is InChI=1S/C24H27NO3.C13H17NO.C11H12O/c26-15-21-12-19-11-20(24(28)23(19)13-22(21)16-27)10-17-6-8-25(9-7-17)14-18-4-2-1-3-5-18;15-11-13-6-8-14(9-7-13)10-12-4-2-1-3-5-12;1-7-5-9-3-4-11(12)10(9)6-8(7)2/h1-5,10,12-13,17,26-27H,6-9,11,14-16H2;1-5,11,13H,6-10H2;5-6H,3-4H2,1-2H3. The lowest BCUT2D eigenvalue weighted by atomic mass is 9.93. The van der Waals surface area contributed by atoms with Crippen molar-refractivity contribution >= 4 is 17.9 Å². The number of piperidine rings is 2. The van der Waals surface area contributed by atoms with Crippen molar-refractivity contribution in [3.05, 3.63) is 152 Å². The average molecular weight is 741 g/mol. The number of Topliss-reactive ketones (excluding diaryl/α,β-unsaturated/α-hetero) is 2. The van der Waals surface area contributed by atoms with E-state index >= 15 is 0 Å². The number of ketones is 2. The van der Waals surface area contributed by atoms with Crippen molar-refractivity contribution in [3.8, 4) is 0 Å². The number of carbonyl (C=O) groups excluding carboxylic acids is 3. The molecule has 7 nitrogen and oxygen atoms in total. The Balaban J connectivity index is 0.000000159. The van der Waals surface area contributed by atoms with Gasteiger partial charge in [0.25, 0.3) is 0 Å². The Morgan fingerprint density at radius 2 is 1.16 bits per heavy atom. The summed E-state index contributed by atoms with van der Waals surface area (Å²) in [5, 5.41) is 19.0. The number of carbonyl (C=O) groups is 3. The summed E-state index contributed by atoms with van der Waals surface area (Å²) in [4.78, 5) is 39.7. The summed E-state index contributed by atoms with van der Waals surface area (Å²) < 4.78 is 0. The van der Waals surface area contributed by atoms with E-state index in [0.717, 1.165) is 94.4 Å². The Morgan fingerprint density at radius 3 is 1.71 bits per heavy atom. The third kappa shape index (κ3) is 10.6. The van der Waals surface area contributed by atoms with E-state index in [1.54, 1.807) is 6.07 Å². The number of aldehydes is 1. The third-order valence-corrected chi connectivity index (χ3v) is 11.7. The maximum atomic E-state index is 12.8. The zero-order chi connectivity index (χ0) is 38.7. The van der Waals surface area contributed by atoms with Gasteiger partial charge in [-0.05, 0) is 135 Å². The Bertz CT molecular complexity index is 1960. The fraction of sp³-hybridized carbons (Fsp3) is 0.396. The number of fused-ring (bicyclic) bond motifs is 2. The van der Waals surface area contributed by atoms with Crippen LogP contribution in [-0.2, 0) is 43.9 Å². The molecule has 2 saturated heterocycles. The maximum absolute atomic E-state index is 12.8. The van der Waals surface area contributed by atoms with Crippen LogP contribution >= 0.6 is 0 Å². The Labute approximate surface area is 326 Å². The molecule has 2 N–H and O–H groups in total. The minimum atomic E-state index is -0.157. The molecular weight excluding hydrogens is 685 g/mol. The van der Waals surface area contributed by atoms with Gasteiger partial charge in [0.05, 0.1) is 13.2 Å². The number of benzene rings is 4. The third-order valence-electron chi connectivity index (χ3n) is 11.7. The molecule has 2 heterocycles. The van der Waals surface area contributed by atoms with Gasteiger partial charge in [0.2, 0.25) is 0 Å². The molecule has 0 amide bonds. The highest BCUT2D eigenvalue weighted by molar-refractivity contribution is 6.13. The molecule has 0 bridgehead atoms. The average Bonchev–Trinajstić information content (AvgIpc) is 3.73. The molecule has 2 aliphatic carbocycles. The van der Waals surface area contributed by atoms with Crippen molar-refractivity contribution < 1.29 is 24.6 Å². The van der Waals surface area contributed by atoms with Crippen molar-refractivity contribution in [2.75, 3.05) is 26.2 Å². The molecule has 0 aromatic heterocycles. The zero-order valence-electron chi connectivity index (χ0n) is 32.5. The van der Waals surface area contributed by atoms with Gasteiger partial charge in [0.15, 0.2) is 11.6 Å². The summed E-state index contributed by atoms with van der Waals surface area (Å²) in [6.45, 7) is 10.1. The van der Waals surface area contributed by atoms with Gasteiger partial charge >= 0.3 is 0 Å². The monoisotopic (exact) mass is 740 g/mol. The summed E-state index contributed by atoms with van der Waals surface area (Å²) in [7, 11) is 0. The molecule has 4 aromatic carbocycles. The van der Waals surface area contributed by atoms with Crippen LogP contribution in [0.1, 0.15) is 97.3 Å². The number of aliphatic hydroxyl groups excluding tert-OH is 2. The number of hydrogen-bond donors (Lipinski definition) is 2. The van der Waals surface area contributed by atoms with Crippen LogP contribution in [0.25, 0.3) is 0 Å². The molecule has 55 heavy (non-hydrogen) atoms. The number of aliphatic hydroxyl groups is 2. The first-order valence-electron chi connectivity index (χ1n) is 20.0. The first-order chi connectivity index (χ1) is 26.7. The second-order valence-corrected chi connectivity index (χ2v) is 15.6. The number of nitrogens with zero attached hydrogens (tertiary/aromatic N) is 2. The van der Waals surface area contributed by atoms with Gasteiger partial charge in [-0.3, -0.25) is 19.4 Å². The summed E-state index contributed by atoms with van der Waals surface area (Å²) in [5.41, 5.74) is 11.3. The first-order valence-corrected chi connectivity index (χ1v) is 20.0. The Morgan fingerprint density at radius 1 is 0.636 bits per heavy atom. The first kappa shape index (κ1) is 40.1. The van der Waals surface area contributed by atoms with Crippen molar-refractivity contribution in [2.24, 2.45) is 11.8 Å². The van der Waals surface area contributed by atoms with Crippen LogP contribution in [0.15, 0.2) is 96.6 Å². The highest BCUT2D eigenvalue weighted by Crippen LogP contribution is 2.32. The molecule has 2 fully saturated rings. The van der Waals surface area contributed by atoms with E-state index in [0.29, 0.717) is 47.2 Å². The number of hydrogen-bond acceptors (Lipinski definition) is 7. The molecular formula is C48H56N2O5. The molecule has 7 heteroatoms. The molecule has 8 rings (SSSR count). The second kappa shape index (κ2) is 19.4. The van der Waals surface area contributed by atoms with Gasteiger partial charge in [0, 0.05) is 48.5 Å². The predicted molar refractivity (Wildman–Crippen MR) is 218 cm³/mol. The van der Waals surface area contributed by atoms with Crippen LogP contribution in [0.2, 0.25) is 0 Å². The van der Waals surface area contributed by atoms with E-state index in [1.165, 1.54) is 27.8 Å². The van der Waals surface area contributed by atoms with E-state index < -0.39 is 0 Å². The zero-order valence-corrected chi connectivity index (χ0v) is 32.5. The minimum Gasteiger partial charge on any atom is -0.392 e. The molecule has 0 atom stereocenters. The fourth-order valence-electron chi connectivity index (χ4n) is 8.20. The van der Waals surface area contributed by atoms with Gasteiger partial charge in [-0.2, -0.15) is 0 Å². The number of rotatable bonds is 8. The fourth-order valence-corrected chi connectivity index (χ4v) is 8.20. The second-order valence-electron chi connectivity index (χ2n) is 15.6. The molecule has 4 aromatic rings. The van der Waals surface area contributed by atoms with Crippen molar-refractivity contribution in [2.45, 2.75) is 85.1 Å². The molecule has 2 aliphatic heterocycles. The highest BCUT2D eigenvalue weighted by atomic mass is 16.3. The van der Waals surface area contributed by atoms with Gasteiger partial charge in [0.1, 0.15) is 6.29 Å². The molecule has 4 aliphatic rings. The lowest BCUT2D eigenvalue weighted by Gasteiger charge is -2.30. The molecule has 288 valence electrons.